The fraction of sp³-hybridized carbons (Fsp3) is 0.600. The minimum atomic E-state index is -0.347. The van der Waals surface area contributed by atoms with Crippen molar-refractivity contribution in [3.05, 3.63) is 24.3 Å². The van der Waals surface area contributed by atoms with Gasteiger partial charge in [-0.25, -0.2) is 0 Å². The molecule has 1 nitrogen and oxygen atoms in total. The van der Waals surface area contributed by atoms with Crippen LogP contribution >= 0.6 is 15.9 Å². The Morgan fingerprint density at radius 3 is 2.83 bits per heavy atom. The van der Waals surface area contributed by atoms with E-state index in [1.807, 2.05) is 0 Å². The van der Waals surface area contributed by atoms with Gasteiger partial charge in [0.25, 0.3) is 0 Å². The Labute approximate surface area is 82.3 Å². The van der Waals surface area contributed by atoms with Crippen molar-refractivity contribution < 1.29 is 5.11 Å². The fourth-order valence-electron chi connectivity index (χ4n) is 1.45. The molecule has 0 fully saturated rings. The summed E-state index contributed by atoms with van der Waals surface area (Å²) in [7, 11) is 0. The van der Waals surface area contributed by atoms with Crippen molar-refractivity contribution in [2.75, 3.05) is 0 Å². The van der Waals surface area contributed by atoms with Gasteiger partial charge in [-0.15, -0.1) is 0 Å². The van der Waals surface area contributed by atoms with Crippen molar-refractivity contribution in [3.63, 3.8) is 0 Å². The number of halogens is 1. The zero-order valence-corrected chi connectivity index (χ0v) is 9.13. The van der Waals surface area contributed by atoms with Crippen LogP contribution in [0.15, 0.2) is 24.3 Å². The highest BCUT2D eigenvalue weighted by atomic mass is 79.9. The van der Waals surface area contributed by atoms with Gasteiger partial charge in [-0.1, -0.05) is 48.5 Å². The molecule has 0 spiro atoms. The lowest BCUT2D eigenvalue weighted by atomic mass is 9.78. The van der Waals surface area contributed by atoms with Crippen LogP contribution in [0, 0.1) is 5.41 Å². The predicted octanol–water partition coefficient (Wildman–Crippen LogP) is 2.65. The van der Waals surface area contributed by atoms with E-state index in [4.69, 9.17) is 0 Å². The monoisotopic (exact) mass is 230 g/mol. The van der Waals surface area contributed by atoms with E-state index < -0.39 is 0 Å². The van der Waals surface area contributed by atoms with Gasteiger partial charge >= 0.3 is 0 Å². The van der Waals surface area contributed by atoms with Gasteiger partial charge in [0, 0.05) is 4.83 Å². The molecule has 1 rings (SSSR count). The third-order valence-electron chi connectivity index (χ3n) is 2.40. The Hall–Kier alpha value is -0.0800. The maximum Gasteiger partial charge on any atom is 0.0798 e. The maximum atomic E-state index is 9.60. The first-order valence-electron chi connectivity index (χ1n) is 4.14. The smallest absolute Gasteiger partial charge is 0.0798 e. The number of aliphatic hydroxyl groups excluding tert-OH is 1. The molecule has 68 valence electrons. The third-order valence-corrected chi connectivity index (χ3v) is 3.95. The van der Waals surface area contributed by atoms with Crippen LogP contribution in [0.4, 0.5) is 0 Å². The normalized spacial score (nSPS) is 34.2. The molecule has 0 aliphatic heterocycles. The van der Waals surface area contributed by atoms with Crippen LogP contribution < -0.4 is 0 Å². The molecule has 1 aliphatic carbocycles. The summed E-state index contributed by atoms with van der Waals surface area (Å²) in [6, 6.07) is 0. The first kappa shape index (κ1) is 10.0. The van der Waals surface area contributed by atoms with Crippen molar-refractivity contribution in [1.82, 2.24) is 0 Å². The molecule has 0 aromatic heterocycles. The molecule has 0 amide bonds. The van der Waals surface area contributed by atoms with Crippen LogP contribution in [0.2, 0.25) is 0 Å². The average molecular weight is 231 g/mol. The number of aliphatic hydroxyl groups is 1. The molecule has 0 bridgehead atoms. The van der Waals surface area contributed by atoms with Crippen molar-refractivity contribution in [3.8, 4) is 0 Å². The van der Waals surface area contributed by atoms with Crippen LogP contribution in [0.5, 0.6) is 0 Å². The molecule has 0 aromatic rings. The van der Waals surface area contributed by atoms with Gasteiger partial charge in [0.2, 0.25) is 0 Å². The highest BCUT2D eigenvalue weighted by molar-refractivity contribution is 9.09. The maximum absolute atomic E-state index is 9.60. The van der Waals surface area contributed by atoms with Crippen LogP contribution in [-0.2, 0) is 0 Å². The first-order chi connectivity index (χ1) is 5.47. The summed E-state index contributed by atoms with van der Waals surface area (Å²) in [6.07, 6.45) is 4.25. The van der Waals surface area contributed by atoms with Crippen LogP contribution in [-0.4, -0.2) is 16.0 Å². The van der Waals surface area contributed by atoms with Gasteiger partial charge < -0.3 is 5.11 Å². The van der Waals surface area contributed by atoms with Gasteiger partial charge in [0.05, 0.1) is 6.10 Å². The molecular formula is C10H15BrO. The van der Waals surface area contributed by atoms with Crippen molar-refractivity contribution in [1.29, 1.82) is 0 Å². The summed E-state index contributed by atoms with van der Waals surface area (Å²) in [5.74, 6) is 0. The van der Waals surface area contributed by atoms with Crippen molar-refractivity contribution in [2.24, 2.45) is 5.41 Å². The standard InChI is InChI=1S/C10H15BrO/c1-4-7-6-10(2,3)9(11)5-8(7)12/h4,6,8-9,12H,1,5H2,2-3H3/t8-,9+/m1/s1. The summed E-state index contributed by atoms with van der Waals surface area (Å²) >= 11 is 3.57. The number of alkyl halides is 1. The summed E-state index contributed by atoms with van der Waals surface area (Å²) < 4.78 is 0. The van der Waals surface area contributed by atoms with Gasteiger partial charge in [-0.3, -0.25) is 0 Å². The molecular weight excluding hydrogens is 216 g/mol. The van der Waals surface area contributed by atoms with E-state index >= 15 is 0 Å². The van der Waals surface area contributed by atoms with Crippen molar-refractivity contribution >= 4 is 15.9 Å². The zero-order chi connectivity index (χ0) is 9.35. The lowest BCUT2D eigenvalue weighted by molar-refractivity contribution is 0.177. The highest BCUT2D eigenvalue weighted by Crippen LogP contribution is 2.38. The minimum Gasteiger partial charge on any atom is -0.388 e. The van der Waals surface area contributed by atoms with Crippen LogP contribution in [0.3, 0.4) is 0 Å². The Morgan fingerprint density at radius 1 is 1.75 bits per heavy atom. The minimum absolute atomic E-state index is 0.114. The van der Waals surface area contributed by atoms with Gasteiger partial charge in [0.15, 0.2) is 0 Å². The van der Waals surface area contributed by atoms with E-state index in [9.17, 15) is 5.11 Å². The average Bonchev–Trinajstić information content (AvgIpc) is 1.97. The van der Waals surface area contributed by atoms with Gasteiger partial charge in [-0.2, -0.15) is 0 Å². The quantitative estimate of drug-likeness (QED) is 0.688. The van der Waals surface area contributed by atoms with E-state index in [2.05, 4.69) is 42.4 Å². The number of hydrogen-bond donors (Lipinski definition) is 1. The molecule has 2 atom stereocenters. The summed E-state index contributed by atoms with van der Waals surface area (Å²) in [6.45, 7) is 7.99. The predicted molar refractivity (Wildman–Crippen MR) is 55.4 cm³/mol. The van der Waals surface area contributed by atoms with E-state index in [-0.39, 0.29) is 11.5 Å². The van der Waals surface area contributed by atoms with Gasteiger partial charge in [-0.05, 0) is 17.4 Å². The fourth-order valence-corrected chi connectivity index (χ4v) is 1.93. The second kappa shape index (κ2) is 3.35. The molecule has 0 radical (unpaired) electrons. The highest BCUT2D eigenvalue weighted by Gasteiger charge is 2.32. The Balaban J connectivity index is 2.95. The zero-order valence-electron chi connectivity index (χ0n) is 7.55. The molecule has 1 aliphatic rings. The summed E-state index contributed by atoms with van der Waals surface area (Å²) in [5, 5.41) is 9.60. The Bertz CT molecular complexity index is 218. The first-order valence-corrected chi connectivity index (χ1v) is 5.06. The van der Waals surface area contributed by atoms with Crippen LogP contribution in [0.1, 0.15) is 20.3 Å². The van der Waals surface area contributed by atoms with E-state index in [0.717, 1.165) is 12.0 Å². The van der Waals surface area contributed by atoms with E-state index in [1.165, 1.54) is 0 Å². The Morgan fingerprint density at radius 2 is 2.33 bits per heavy atom. The molecule has 0 saturated carbocycles. The molecule has 0 aromatic carbocycles. The molecule has 0 saturated heterocycles. The molecule has 1 N–H and O–H groups in total. The number of allylic oxidation sites excluding steroid dienone is 1. The SMILES string of the molecule is C=CC1=CC(C)(C)[C@@H](Br)C[C@H]1O. The third kappa shape index (κ3) is 1.80. The van der Waals surface area contributed by atoms with Gasteiger partial charge in [0.1, 0.15) is 0 Å². The summed E-state index contributed by atoms with van der Waals surface area (Å²) in [5.41, 5.74) is 1.07. The molecule has 0 unspecified atom stereocenters. The molecule has 2 heteroatoms. The molecule has 0 heterocycles. The van der Waals surface area contributed by atoms with E-state index in [0.29, 0.717) is 4.83 Å². The lowest BCUT2D eigenvalue weighted by Crippen LogP contribution is -2.32. The topological polar surface area (TPSA) is 20.2 Å². The summed E-state index contributed by atoms with van der Waals surface area (Å²) in [4.78, 5) is 0.351. The van der Waals surface area contributed by atoms with Crippen molar-refractivity contribution in [2.45, 2.75) is 31.2 Å². The van der Waals surface area contributed by atoms with E-state index in [1.54, 1.807) is 6.08 Å². The lowest BCUT2D eigenvalue weighted by Gasteiger charge is -2.35. The number of rotatable bonds is 1. The second-order valence-corrected chi connectivity index (χ2v) is 4.99. The Kier molecular flexibility index (Phi) is 2.79. The van der Waals surface area contributed by atoms with Crippen LogP contribution in [0.25, 0.3) is 0 Å². The molecule has 12 heavy (non-hydrogen) atoms. The number of hydrogen-bond acceptors (Lipinski definition) is 1. The second-order valence-electron chi connectivity index (χ2n) is 3.89. The largest absolute Gasteiger partial charge is 0.388 e.